The van der Waals surface area contributed by atoms with Crippen LogP contribution in [0.5, 0.6) is 34.5 Å². The highest BCUT2D eigenvalue weighted by molar-refractivity contribution is 6.24. The lowest BCUT2D eigenvalue weighted by atomic mass is 10.00. The van der Waals surface area contributed by atoms with E-state index in [9.17, 15) is 20.1 Å². The van der Waals surface area contributed by atoms with Crippen LogP contribution in [-0.2, 0) is 11.2 Å². The molecule has 0 fully saturated rings. The number of nitrogens with one attached hydrogen (secondary N) is 1. The number of amides is 1. The first-order valence-electron chi connectivity index (χ1n) is 10.5. The third-order valence-electron chi connectivity index (χ3n) is 5.19. The maximum absolute atomic E-state index is 13.3. The van der Waals surface area contributed by atoms with E-state index in [2.05, 4.69) is 5.32 Å². The quantitative estimate of drug-likeness (QED) is 0.281. The van der Waals surface area contributed by atoms with Crippen LogP contribution in [0.4, 0.5) is 0 Å². The summed E-state index contributed by atoms with van der Waals surface area (Å²) in [6.45, 7) is 0.353. The molecule has 34 heavy (non-hydrogen) atoms. The van der Waals surface area contributed by atoms with Gasteiger partial charge in [0.15, 0.2) is 23.0 Å². The van der Waals surface area contributed by atoms with Gasteiger partial charge in [-0.05, 0) is 65.6 Å². The summed E-state index contributed by atoms with van der Waals surface area (Å²) in [4.78, 5) is 13.3. The number of benzene rings is 3. The SMILES string of the molecule is COc1cc(/C=C(/C(=O)NCCc2ccc(O)cc2)c2cc(OC)c(O)c(OC)c2)ccc1O. The monoisotopic (exact) mass is 465 g/mol. The second-order valence-electron chi connectivity index (χ2n) is 7.39. The summed E-state index contributed by atoms with van der Waals surface area (Å²) in [6.07, 6.45) is 2.21. The van der Waals surface area contributed by atoms with Gasteiger partial charge < -0.3 is 34.8 Å². The minimum Gasteiger partial charge on any atom is -0.508 e. The van der Waals surface area contributed by atoms with Gasteiger partial charge in [0.2, 0.25) is 5.75 Å². The van der Waals surface area contributed by atoms with E-state index in [-0.39, 0.29) is 46.0 Å². The topological polar surface area (TPSA) is 117 Å². The van der Waals surface area contributed by atoms with Crippen molar-refractivity contribution in [1.29, 1.82) is 0 Å². The van der Waals surface area contributed by atoms with Crippen molar-refractivity contribution in [3.8, 4) is 34.5 Å². The Kier molecular flexibility index (Phi) is 7.87. The molecule has 0 aliphatic heterocycles. The Balaban J connectivity index is 1.96. The number of phenols is 3. The Morgan fingerprint density at radius 3 is 2.06 bits per heavy atom. The Hall–Kier alpha value is -4.33. The molecule has 1 amide bonds. The molecule has 0 bridgehead atoms. The van der Waals surface area contributed by atoms with Gasteiger partial charge in [0, 0.05) is 12.1 Å². The predicted molar refractivity (Wildman–Crippen MR) is 129 cm³/mol. The van der Waals surface area contributed by atoms with Crippen LogP contribution in [0.2, 0.25) is 0 Å². The number of phenolic OH excluding ortho intramolecular Hbond substituents is 3. The number of aromatic hydroxyl groups is 3. The standard InChI is InChI=1S/C26H27NO7/c1-32-22-13-17(6-9-21(22)29)12-20(18-14-23(33-2)25(30)24(15-18)34-3)26(31)27-11-10-16-4-7-19(28)8-5-16/h4-9,12-15,28-30H,10-11H2,1-3H3,(H,27,31)/b20-12+. The summed E-state index contributed by atoms with van der Waals surface area (Å²) in [7, 11) is 4.25. The van der Waals surface area contributed by atoms with Gasteiger partial charge in [-0.1, -0.05) is 18.2 Å². The molecule has 0 unspecified atom stereocenters. The minimum absolute atomic E-state index is 0.0208. The van der Waals surface area contributed by atoms with Crippen LogP contribution in [0.25, 0.3) is 11.6 Å². The van der Waals surface area contributed by atoms with Crippen LogP contribution in [0, 0.1) is 0 Å². The molecular weight excluding hydrogens is 438 g/mol. The molecule has 3 aromatic carbocycles. The summed E-state index contributed by atoms with van der Waals surface area (Å²) in [5.74, 6) is 0.195. The molecule has 8 nitrogen and oxygen atoms in total. The third-order valence-corrected chi connectivity index (χ3v) is 5.19. The molecule has 0 radical (unpaired) electrons. The summed E-state index contributed by atoms with van der Waals surface area (Å²) in [5, 5.41) is 32.5. The van der Waals surface area contributed by atoms with Gasteiger partial charge in [0.25, 0.3) is 5.91 Å². The second-order valence-corrected chi connectivity index (χ2v) is 7.39. The number of hydrogen-bond donors (Lipinski definition) is 4. The predicted octanol–water partition coefficient (Wildman–Crippen LogP) is 3.73. The maximum atomic E-state index is 13.3. The van der Waals surface area contributed by atoms with Gasteiger partial charge in [-0.3, -0.25) is 4.79 Å². The number of carbonyl (C=O) groups excluding carboxylic acids is 1. The molecule has 0 atom stereocenters. The van der Waals surface area contributed by atoms with Crippen LogP contribution >= 0.6 is 0 Å². The van der Waals surface area contributed by atoms with Gasteiger partial charge in [-0.25, -0.2) is 0 Å². The summed E-state index contributed by atoms with van der Waals surface area (Å²) >= 11 is 0. The van der Waals surface area contributed by atoms with Crippen LogP contribution in [0.1, 0.15) is 16.7 Å². The van der Waals surface area contributed by atoms with E-state index in [0.717, 1.165) is 5.56 Å². The van der Waals surface area contributed by atoms with Crippen molar-refractivity contribution in [2.75, 3.05) is 27.9 Å². The fraction of sp³-hybridized carbons (Fsp3) is 0.192. The average Bonchev–Trinajstić information content (AvgIpc) is 2.84. The van der Waals surface area contributed by atoms with Gasteiger partial charge >= 0.3 is 0 Å². The molecule has 0 aliphatic rings. The first-order chi connectivity index (χ1) is 16.4. The zero-order valence-corrected chi connectivity index (χ0v) is 19.2. The molecule has 3 rings (SSSR count). The molecule has 3 aromatic rings. The van der Waals surface area contributed by atoms with Crippen molar-refractivity contribution in [3.63, 3.8) is 0 Å². The number of ether oxygens (including phenoxy) is 3. The Morgan fingerprint density at radius 2 is 1.47 bits per heavy atom. The fourth-order valence-electron chi connectivity index (χ4n) is 3.36. The van der Waals surface area contributed by atoms with E-state index < -0.39 is 0 Å². The summed E-state index contributed by atoms with van der Waals surface area (Å²) in [5.41, 5.74) is 2.32. The normalized spacial score (nSPS) is 11.1. The number of hydrogen-bond acceptors (Lipinski definition) is 7. The highest BCUT2D eigenvalue weighted by Gasteiger charge is 2.18. The van der Waals surface area contributed by atoms with Crippen LogP contribution in [0.3, 0.4) is 0 Å². The van der Waals surface area contributed by atoms with Crippen molar-refractivity contribution < 1.29 is 34.3 Å². The van der Waals surface area contributed by atoms with Gasteiger partial charge in [-0.2, -0.15) is 0 Å². The number of rotatable bonds is 9. The van der Waals surface area contributed by atoms with Gasteiger partial charge in [0.1, 0.15) is 5.75 Å². The van der Waals surface area contributed by atoms with Crippen molar-refractivity contribution in [2.45, 2.75) is 6.42 Å². The summed E-state index contributed by atoms with van der Waals surface area (Å²) in [6, 6.07) is 14.6. The first kappa shape index (κ1) is 24.3. The highest BCUT2D eigenvalue weighted by Crippen LogP contribution is 2.39. The number of methoxy groups -OCH3 is 3. The van der Waals surface area contributed by atoms with E-state index >= 15 is 0 Å². The summed E-state index contributed by atoms with van der Waals surface area (Å²) < 4.78 is 15.7. The first-order valence-corrected chi connectivity index (χ1v) is 10.5. The Morgan fingerprint density at radius 1 is 0.853 bits per heavy atom. The lowest BCUT2D eigenvalue weighted by molar-refractivity contribution is -0.115. The lowest BCUT2D eigenvalue weighted by Gasteiger charge is -2.14. The lowest BCUT2D eigenvalue weighted by Crippen LogP contribution is -2.26. The van der Waals surface area contributed by atoms with Crippen molar-refractivity contribution in [2.24, 2.45) is 0 Å². The molecule has 8 heteroatoms. The van der Waals surface area contributed by atoms with Crippen LogP contribution in [-0.4, -0.2) is 49.1 Å². The largest absolute Gasteiger partial charge is 0.508 e. The van der Waals surface area contributed by atoms with Crippen LogP contribution in [0.15, 0.2) is 54.6 Å². The maximum Gasteiger partial charge on any atom is 0.251 e. The fourth-order valence-corrected chi connectivity index (χ4v) is 3.36. The zero-order valence-electron chi connectivity index (χ0n) is 19.2. The molecule has 0 saturated heterocycles. The smallest absolute Gasteiger partial charge is 0.251 e. The number of carbonyl (C=O) groups is 1. The van der Waals surface area contributed by atoms with E-state index in [1.54, 1.807) is 54.6 Å². The van der Waals surface area contributed by atoms with Crippen molar-refractivity contribution >= 4 is 17.6 Å². The zero-order chi connectivity index (χ0) is 24.7. The Bertz CT molecular complexity index is 1160. The van der Waals surface area contributed by atoms with Crippen LogP contribution < -0.4 is 19.5 Å². The van der Waals surface area contributed by atoms with E-state index in [1.807, 2.05) is 0 Å². The molecule has 4 N–H and O–H groups in total. The van der Waals surface area contributed by atoms with Crippen molar-refractivity contribution in [3.05, 3.63) is 71.3 Å². The molecule has 0 aromatic heterocycles. The molecular formula is C26H27NO7. The van der Waals surface area contributed by atoms with Gasteiger partial charge in [-0.15, -0.1) is 0 Å². The average molecular weight is 466 g/mol. The third kappa shape index (κ3) is 5.72. The second kappa shape index (κ2) is 11.0. The minimum atomic E-state index is -0.361. The molecule has 0 heterocycles. The Labute approximate surface area is 197 Å². The van der Waals surface area contributed by atoms with E-state index in [4.69, 9.17) is 14.2 Å². The molecule has 0 saturated carbocycles. The van der Waals surface area contributed by atoms with E-state index in [1.165, 1.54) is 27.4 Å². The molecule has 178 valence electrons. The van der Waals surface area contributed by atoms with Gasteiger partial charge in [0.05, 0.1) is 21.3 Å². The molecule has 0 aliphatic carbocycles. The molecule has 0 spiro atoms. The van der Waals surface area contributed by atoms with E-state index in [0.29, 0.717) is 24.1 Å². The van der Waals surface area contributed by atoms with Crippen molar-refractivity contribution in [1.82, 2.24) is 5.32 Å². The highest BCUT2D eigenvalue weighted by atomic mass is 16.5.